The van der Waals surface area contributed by atoms with Gasteiger partial charge in [0.1, 0.15) is 11.9 Å². The third kappa shape index (κ3) is 6.06. The van der Waals surface area contributed by atoms with Gasteiger partial charge in [-0.1, -0.05) is 35.9 Å². The fourth-order valence-corrected chi connectivity index (χ4v) is 4.11. The van der Waals surface area contributed by atoms with Crippen molar-refractivity contribution in [3.05, 3.63) is 65.5 Å². The normalized spacial score (nSPS) is 12.4. The van der Waals surface area contributed by atoms with E-state index in [4.69, 9.17) is 0 Å². The van der Waals surface area contributed by atoms with Gasteiger partial charge in [-0.05, 0) is 50.5 Å². The van der Waals surface area contributed by atoms with Crippen molar-refractivity contribution in [2.24, 2.45) is 0 Å². The predicted molar refractivity (Wildman–Crippen MR) is 106 cm³/mol. The molecular weight excluding hydrogens is 367 g/mol. The number of sulfonamides is 1. The van der Waals surface area contributed by atoms with Gasteiger partial charge in [-0.25, -0.2) is 12.8 Å². The van der Waals surface area contributed by atoms with E-state index in [0.29, 0.717) is 6.54 Å². The van der Waals surface area contributed by atoms with Crippen LogP contribution >= 0.6 is 0 Å². The first-order valence-corrected chi connectivity index (χ1v) is 10.6. The second-order valence-electron chi connectivity index (χ2n) is 6.60. The van der Waals surface area contributed by atoms with E-state index < -0.39 is 27.8 Å². The van der Waals surface area contributed by atoms with E-state index in [1.54, 1.807) is 0 Å². The second-order valence-corrected chi connectivity index (χ2v) is 8.46. The molecule has 7 heteroatoms. The fraction of sp³-hybridized carbons (Fsp3) is 0.350. The maximum atomic E-state index is 13.5. The Balaban J connectivity index is 1.98. The Bertz CT molecular complexity index is 900. The fourth-order valence-electron chi connectivity index (χ4n) is 2.94. The van der Waals surface area contributed by atoms with Gasteiger partial charge in [0.15, 0.2) is 0 Å². The molecule has 0 unspecified atom stereocenters. The molecule has 0 aliphatic heterocycles. The van der Waals surface area contributed by atoms with Crippen molar-refractivity contribution in [1.29, 1.82) is 0 Å². The molecular formula is C20H25FN2O3S. The standard InChI is InChI=1S/C20H25FN2O3S/c1-15-7-4-8-17(13-15)9-6-12-22-20(24)16(2)23(27(3,25)26)19-11-5-10-18(21)14-19/h4-5,7-8,10-11,13-14,16H,6,9,12H2,1-3H3,(H,22,24)/t16-/m1/s1. The zero-order valence-corrected chi connectivity index (χ0v) is 16.6. The number of nitrogens with zero attached hydrogens (tertiary/aromatic N) is 1. The first-order valence-electron chi connectivity index (χ1n) is 8.76. The molecule has 1 amide bonds. The van der Waals surface area contributed by atoms with Gasteiger partial charge < -0.3 is 5.32 Å². The van der Waals surface area contributed by atoms with E-state index in [2.05, 4.69) is 11.4 Å². The Hall–Kier alpha value is -2.41. The number of hydrogen-bond donors (Lipinski definition) is 1. The molecule has 5 nitrogen and oxygen atoms in total. The van der Waals surface area contributed by atoms with Gasteiger partial charge in [-0.15, -0.1) is 0 Å². The molecule has 0 fully saturated rings. The minimum atomic E-state index is -3.75. The van der Waals surface area contributed by atoms with Crippen LogP contribution in [0.25, 0.3) is 0 Å². The van der Waals surface area contributed by atoms with Crippen molar-refractivity contribution in [3.8, 4) is 0 Å². The van der Waals surface area contributed by atoms with Crippen LogP contribution in [0, 0.1) is 12.7 Å². The third-order valence-corrected chi connectivity index (χ3v) is 5.42. The van der Waals surface area contributed by atoms with E-state index in [1.807, 2.05) is 25.1 Å². The number of hydrogen-bond acceptors (Lipinski definition) is 3. The van der Waals surface area contributed by atoms with Crippen molar-refractivity contribution in [2.75, 3.05) is 17.1 Å². The highest BCUT2D eigenvalue weighted by molar-refractivity contribution is 7.92. The first kappa shape index (κ1) is 20.9. The van der Waals surface area contributed by atoms with Crippen LogP contribution < -0.4 is 9.62 Å². The van der Waals surface area contributed by atoms with Crippen molar-refractivity contribution < 1.29 is 17.6 Å². The number of aryl methyl sites for hydroxylation is 2. The summed E-state index contributed by atoms with van der Waals surface area (Å²) >= 11 is 0. The molecule has 0 aliphatic rings. The number of carbonyl (C=O) groups excluding carboxylic acids is 1. The van der Waals surface area contributed by atoms with Gasteiger partial charge >= 0.3 is 0 Å². The van der Waals surface area contributed by atoms with Crippen LogP contribution in [0.15, 0.2) is 48.5 Å². The number of halogens is 1. The molecule has 0 radical (unpaired) electrons. The first-order chi connectivity index (χ1) is 12.7. The molecule has 2 aromatic carbocycles. The van der Waals surface area contributed by atoms with E-state index >= 15 is 0 Å². The maximum Gasteiger partial charge on any atom is 0.243 e. The van der Waals surface area contributed by atoms with E-state index in [9.17, 15) is 17.6 Å². The van der Waals surface area contributed by atoms with Crippen LogP contribution in [0.2, 0.25) is 0 Å². The third-order valence-electron chi connectivity index (χ3n) is 4.18. The van der Waals surface area contributed by atoms with Gasteiger partial charge in [0.25, 0.3) is 0 Å². The molecule has 1 atom stereocenters. The van der Waals surface area contributed by atoms with Crippen LogP contribution in [-0.2, 0) is 21.2 Å². The van der Waals surface area contributed by atoms with Crippen molar-refractivity contribution in [2.45, 2.75) is 32.7 Å². The number of anilines is 1. The van der Waals surface area contributed by atoms with Gasteiger partial charge in [-0.2, -0.15) is 0 Å². The molecule has 0 bridgehead atoms. The number of benzene rings is 2. The lowest BCUT2D eigenvalue weighted by molar-refractivity contribution is -0.121. The number of nitrogens with one attached hydrogen (secondary N) is 1. The Morgan fingerprint density at radius 3 is 2.52 bits per heavy atom. The molecule has 2 aromatic rings. The molecule has 0 saturated carbocycles. The second kappa shape index (κ2) is 8.99. The summed E-state index contributed by atoms with van der Waals surface area (Å²) in [7, 11) is -3.75. The number of rotatable bonds is 8. The Morgan fingerprint density at radius 2 is 1.89 bits per heavy atom. The van der Waals surface area contributed by atoms with Crippen LogP contribution in [0.1, 0.15) is 24.5 Å². The Labute approximate surface area is 160 Å². The van der Waals surface area contributed by atoms with Gasteiger partial charge in [0, 0.05) is 6.54 Å². The van der Waals surface area contributed by atoms with Gasteiger partial charge in [0.05, 0.1) is 11.9 Å². The van der Waals surface area contributed by atoms with Crippen LogP contribution in [0.5, 0.6) is 0 Å². The highest BCUT2D eigenvalue weighted by atomic mass is 32.2. The average molecular weight is 392 g/mol. The topological polar surface area (TPSA) is 66.5 Å². The van der Waals surface area contributed by atoms with Gasteiger partial charge in [-0.3, -0.25) is 9.10 Å². The lowest BCUT2D eigenvalue weighted by atomic mass is 10.1. The molecule has 0 spiro atoms. The van der Waals surface area contributed by atoms with E-state index in [1.165, 1.54) is 36.2 Å². The summed E-state index contributed by atoms with van der Waals surface area (Å²) in [5, 5.41) is 2.77. The lowest BCUT2D eigenvalue weighted by Crippen LogP contribution is -2.48. The Kier molecular flexibility index (Phi) is 6.96. The summed E-state index contributed by atoms with van der Waals surface area (Å²) in [5.74, 6) is -0.985. The SMILES string of the molecule is Cc1cccc(CCCNC(=O)[C@@H](C)N(c2cccc(F)c2)S(C)(=O)=O)c1. The van der Waals surface area contributed by atoms with E-state index in [-0.39, 0.29) is 5.69 Å². The summed E-state index contributed by atoms with van der Waals surface area (Å²) < 4.78 is 38.8. The molecule has 0 aliphatic carbocycles. The van der Waals surface area contributed by atoms with Crippen molar-refractivity contribution >= 4 is 21.6 Å². The summed E-state index contributed by atoms with van der Waals surface area (Å²) in [6.07, 6.45) is 2.55. The quantitative estimate of drug-likeness (QED) is 0.702. The summed E-state index contributed by atoms with van der Waals surface area (Å²) in [4.78, 5) is 12.4. The number of carbonyl (C=O) groups is 1. The zero-order valence-electron chi connectivity index (χ0n) is 15.8. The lowest BCUT2D eigenvalue weighted by Gasteiger charge is -2.28. The predicted octanol–water partition coefficient (Wildman–Crippen LogP) is 3.04. The highest BCUT2D eigenvalue weighted by Gasteiger charge is 2.29. The van der Waals surface area contributed by atoms with Crippen molar-refractivity contribution in [1.82, 2.24) is 5.32 Å². The molecule has 146 valence electrons. The van der Waals surface area contributed by atoms with Crippen LogP contribution in [-0.4, -0.2) is 33.2 Å². The molecule has 27 heavy (non-hydrogen) atoms. The van der Waals surface area contributed by atoms with Crippen LogP contribution in [0.4, 0.5) is 10.1 Å². The monoisotopic (exact) mass is 392 g/mol. The summed E-state index contributed by atoms with van der Waals surface area (Å²) in [5.41, 5.74) is 2.50. The number of amides is 1. The summed E-state index contributed by atoms with van der Waals surface area (Å²) in [6.45, 7) is 3.94. The minimum absolute atomic E-state index is 0.125. The average Bonchev–Trinajstić information content (AvgIpc) is 2.57. The highest BCUT2D eigenvalue weighted by Crippen LogP contribution is 2.21. The van der Waals surface area contributed by atoms with Gasteiger partial charge in [0.2, 0.25) is 15.9 Å². The molecule has 1 N–H and O–H groups in total. The smallest absolute Gasteiger partial charge is 0.243 e. The largest absolute Gasteiger partial charge is 0.354 e. The molecule has 2 rings (SSSR count). The molecule has 0 aromatic heterocycles. The Morgan fingerprint density at radius 1 is 1.19 bits per heavy atom. The minimum Gasteiger partial charge on any atom is -0.354 e. The maximum absolute atomic E-state index is 13.5. The van der Waals surface area contributed by atoms with Crippen LogP contribution in [0.3, 0.4) is 0 Å². The molecule has 0 heterocycles. The zero-order chi connectivity index (χ0) is 20.0. The van der Waals surface area contributed by atoms with E-state index in [0.717, 1.165) is 29.5 Å². The summed E-state index contributed by atoms with van der Waals surface area (Å²) in [6, 6.07) is 12.4. The van der Waals surface area contributed by atoms with Crippen molar-refractivity contribution in [3.63, 3.8) is 0 Å². The molecule has 0 saturated heterocycles.